The molecule has 176 valence electrons. The summed E-state index contributed by atoms with van der Waals surface area (Å²) < 4.78 is 32.8. The predicted molar refractivity (Wildman–Crippen MR) is 125 cm³/mol. The minimum absolute atomic E-state index is 0.172. The van der Waals surface area contributed by atoms with Gasteiger partial charge in [-0.25, -0.2) is 0 Å². The lowest BCUT2D eigenvalue weighted by Gasteiger charge is -2.18. The Hall–Kier alpha value is -0.130. The lowest BCUT2D eigenvalue weighted by molar-refractivity contribution is 0.146. The maximum Gasteiger partial charge on any atom is 0.267 e. The SMILES string of the molecule is CCCCCCCCCCCCCC(O)CC(CCCCCCCC)S(=O)(=O)O. The van der Waals surface area contributed by atoms with E-state index in [1.807, 2.05) is 0 Å². The van der Waals surface area contributed by atoms with E-state index in [9.17, 15) is 18.1 Å². The second-order valence-corrected chi connectivity index (χ2v) is 10.6. The van der Waals surface area contributed by atoms with Gasteiger partial charge >= 0.3 is 0 Å². The van der Waals surface area contributed by atoms with Gasteiger partial charge in [0.05, 0.1) is 11.4 Å². The van der Waals surface area contributed by atoms with Gasteiger partial charge < -0.3 is 5.11 Å². The summed E-state index contributed by atoms with van der Waals surface area (Å²) in [6, 6.07) is 0. The largest absolute Gasteiger partial charge is 0.393 e. The number of unbranched alkanes of at least 4 members (excludes halogenated alkanes) is 15. The molecule has 0 aromatic carbocycles. The molecular formula is C24H50O4S. The van der Waals surface area contributed by atoms with E-state index in [2.05, 4.69) is 13.8 Å². The zero-order valence-corrected chi connectivity index (χ0v) is 20.2. The second-order valence-electron chi connectivity index (χ2n) is 8.91. The van der Waals surface area contributed by atoms with Gasteiger partial charge in [-0.1, -0.05) is 123 Å². The van der Waals surface area contributed by atoms with Gasteiger partial charge in [-0.15, -0.1) is 0 Å². The molecule has 0 radical (unpaired) electrons. The summed E-state index contributed by atoms with van der Waals surface area (Å²) in [6.45, 7) is 4.42. The normalized spacial score (nSPS) is 14.2. The van der Waals surface area contributed by atoms with Gasteiger partial charge in [0, 0.05) is 0 Å². The highest BCUT2D eigenvalue weighted by Gasteiger charge is 2.25. The molecule has 5 heteroatoms. The van der Waals surface area contributed by atoms with Gasteiger partial charge in [0.2, 0.25) is 0 Å². The first-order chi connectivity index (χ1) is 13.9. The van der Waals surface area contributed by atoms with E-state index < -0.39 is 21.5 Å². The first-order valence-electron chi connectivity index (χ1n) is 12.6. The Balaban J connectivity index is 3.77. The van der Waals surface area contributed by atoms with Crippen LogP contribution in [0.2, 0.25) is 0 Å². The lowest BCUT2D eigenvalue weighted by Crippen LogP contribution is -2.26. The molecule has 2 N–H and O–H groups in total. The Kier molecular flexibility index (Phi) is 19.7. The maximum atomic E-state index is 11.6. The average molecular weight is 435 g/mol. The molecule has 0 bridgehead atoms. The summed E-state index contributed by atoms with van der Waals surface area (Å²) in [7, 11) is -4.07. The van der Waals surface area contributed by atoms with Crippen LogP contribution in [0.1, 0.15) is 142 Å². The van der Waals surface area contributed by atoms with Gasteiger partial charge in [0.1, 0.15) is 0 Å². The van der Waals surface area contributed by atoms with Gasteiger partial charge in [-0.2, -0.15) is 8.42 Å². The van der Waals surface area contributed by atoms with Crippen molar-refractivity contribution in [2.45, 2.75) is 154 Å². The van der Waals surface area contributed by atoms with Crippen molar-refractivity contribution in [3.8, 4) is 0 Å². The van der Waals surface area contributed by atoms with E-state index in [0.717, 1.165) is 32.1 Å². The molecule has 0 aromatic rings. The van der Waals surface area contributed by atoms with Crippen LogP contribution >= 0.6 is 0 Å². The molecule has 0 spiro atoms. The minimum atomic E-state index is -4.07. The molecule has 4 nitrogen and oxygen atoms in total. The standard InChI is InChI=1S/C24H50O4S/c1-3-5-7-9-11-12-13-14-15-16-18-20-23(25)22-24(29(26,27)28)21-19-17-10-8-6-4-2/h23-25H,3-22H2,1-2H3,(H,26,27,28). The van der Waals surface area contributed by atoms with E-state index in [4.69, 9.17) is 0 Å². The number of aliphatic hydroxyl groups is 1. The fourth-order valence-electron chi connectivity index (χ4n) is 4.01. The Morgan fingerprint density at radius 3 is 1.31 bits per heavy atom. The molecule has 0 amide bonds. The number of rotatable bonds is 22. The monoisotopic (exact) mass is 434 g/mol. The van der Waals surface area contributed by atoms with Gasteiger partial charge in [0.25, 0.3) is 10.1 Å². The third-order valence-electron chi connectivity index (χ3n) is 5.98. The Morgan fingerprint density at radius 1 is 0.586 bits per heavy atom. The summed E-state index contributed by atoms with van der Waals surface area (Å²) in [5, 5.41) is 9.41. The Bertz CT molecular complexity index is 436. The molecule has 0 aliphatic rings. The van der Waals surface area contributed by atoms with Crippen LogP contribution in [0.25, 0.3) is 0 Å². The van der Waals surface area contributed by atoms with Crippen LogP contribution in [0.15, 0.2) is 0 Å². The zero-order chi connectivity index (χ0) is 21.8. The minimum Gasteiger partial charge on any atom is -0.393 e. The van der Waals surface area contributed by atoms with Crippen molar-refractivity contribution >= 4 is 10.1 Å². The lowest BCUT2D eigenvalue weighted by atomic mass is 10.0. The van der Waals surface area contributed by atoms with Crippen molar-refractivity contribution in [1.82, 2.24) is 0 Å². The molecule has 0 aromatic heterocycles. The van der Waals surface area contributed by atoms with Crippen molar-refractivity contribution in [3.05, 3.63) is 0 Å². The van der Waals surface area contributed by atoms with Gasteiger partial charge in [0.15, 0.2) is 0 Å². The predicted octanol–water partition coefficient (Wildman–Crippen LogP) is 7.45. The molecule has 0 saturated heterocycles. The molecule has 0 aliphatic heterocycles. The fraction of sp³-hybridized carbons (Fsp3) is 1.00. The van der Waals surface area contributed by atoms with Crippen LogP contribution < -0.4 is 0 Å². The van der Waals surface area contributed by atoms with E-state index in [-0.39, 0.29) is 6.42 Å². The van der Waals surface area contributed by atoms with Crippen LogP contribution in [0.4, 0.5) is 0 Å². The summed E-state index contributed by atoms with van der Waals surface area (Å²) >= 11 is 0. The molecule has 29 heavy (non-hydrogen) atoms. The molecular weight excluding hydrogens is 384 g/mol. The molecule has 0 fully saturated rings. The number of aliphatic hydroxyl groups excluding tert-OH is 1. The number of hydrogen-bond donors (Lipinski definition) is 2. The second kappa shape index (κ2) is 19.8. The van der Waals surface area contributed by atoms with Crippen LogP contribution in [-0.2, 0) is 10.1 Å². The third-order valence-corrected chi connectivity index (χ3v) is 7.25. The maximum absolute atomic E-state index is 11.6. The van der Waals surface area contributed by atoms with Crippen molar-refractivity contribution in [1.29, 1.82) is 0 Å². The topological polar surface area (TPSA) is 74.6 Å². The summed E-state index contributed by atoms with van der Waals surface area (Å²) in [6.07, 6.45) is 21.1. The Labute approximate surface area is 182 Å². The van der Waals surface area contributed by atoms with Crippen LogP contribution in [0.5, 0.6) is 0 Å². The number of hydrogen-bond acceptors (Lipinski definition) is 3. The van der Waals surface area contributed by atoms with Crippen molar-refractivity contribution in [2.24, 2.45) is 0 Å². The Morgan fingerprint density at radius 2 is 0.931 bits per heavy atom. The van der Waals surface area contributed by atoms with Crippen molar-refractivity contribution in [2.75, 3.05) is 0 Å². The molecule has 2 atom stereocenters. The van der Waals surface area contributed by atoms with Gasteiger partial charge in [-0.3, -0.25) is 4.55 Å². The highest BCUT2D eigenvalue weighted by molar-refractivity contribution is 7.86. The van der Waals surface area contributed by atoms with Crippen LogP contribution in [0.3, 0.4) is 0 Å². The highest BCUT2D eigenvalue weighted by Crippen LogP contribution is 2.20. The molecule has 0 aliphatic carbocycles. The summed E-state index contributed by atoms with van der Waals surface area (Å²) in [5.74, 6) is 0. The molecule has 2 unspecified atom stereocenters. The first-order valence-corrected chi connectivity index (χ1v) is 14.1. The van der Waals surface area contributed by atoms with Crippen molar-refractivity contribution in [3.63, 3.8) is 0 Å². The van der Waals surface area contributed by atoms with E-state index in [0.29, 0.717) is 12.8 Å². The smallest absolute Gasteiger partial charge is 0.267 e. The first kappa shape index (κ1) is 28.9. The van der Waals surface area contributed by atoms with Crippen LogP contribution in [0, 0.1) is 0 Å². The molecule has 0 heterocycles. The summed E-state index contributed by atoms with van der Waals surface area (Å²) in [4.78, 5) is 0. The quantitative estimate of drug-likeness (QED) is 0.137. The van der Waals surface area contributed by atoms with Gasteiger partial charge in [-0.05, 0) is 19.3 Å². The molecule has 0 rings (SSSR count). The van der Waals surface area contributed by atoms with Crippen molar-refractivity contribution < 1.29 is 18.1 Å². The third kappa shape index (κ3) is 19.6. The van der Waals surface area contributed by atoms with E-state index >= 15 is 0 Å². The molecule has 0 saturated carbocycles. The van der Waals surface area contributed by atoms with E-state index in [1.54, 1.807) is 0 Å². The zero-order valence-electron chi connectivity index (χ0n) is 19.4. The highest BCUT2D eigenvalue weighted by atomic mass is 32.2. The van der Waals surface area contributed by atoms with E-state index in [1.165, 1.54) is 77.0 Å². The van der Waals surface area contributed by atoms with Crippen LogP contribution in [-0.4, -0.2) is 29.4 Å². The average Bonchev–Trinajstić information content (AvgIpc) is 2.67. The fourth-order valence-corrected chi connectivity index (χ4v) is 4.94. The summed E-state index contributed by atoms with van der Waals surface area (Å²) in [5.41, 5.74) is 0.